The highest BCUT2D eigenvalue weighted by Gasteiger charge is 2.58. The van der Waals surface area contributed by atoms with Crippen molar-refractivity contribution in [1.29, 1.82) is 10.5 Å². The molecule has 4 saturated carbocycles. The lowest BCUT2D eigenvalue weighted by Crippen LogP contribution is -2.57. The maximum atomic E-state index is 13.8. The highest BCUT2D eigenvalue weighted by atomic mass is 16.6. The number of nitrogens with one attached hydrogen (secondary N) is 3. The van der Waals surface area contributed by atoms with Gasteiger partial charge in [0, 0.05) is 44.3 Å². The molecule has 8 atom stereocenters. The third-order valence-electron chi connectivity index (χ3n) is 14.9. The molecule has 17 nitrogen and oxygen atoms in total. The van der Waals surface area contributed by atoms with E-state index >= 15 is 0 Å². The summed E-state index contributed by atoms with van der Waals surface area (Å²) in [4.78, 5) is 95.3. The van der Waals surface area contributed by atoms with Gasteiger partial charge in [0.05, 0.1) is 17.7 Å². The molecule has 0 aromatic carbocycles. The lowest BCUT2D eigenvalue weighted by molar-refractivity contribution is -0.143. The molecule has 8 fully saturated rings. The standard InChI is InChI=1S/C26H38N4O5.C21H30N4O3.H2O/c1-25(2,3)35-24(34)30-12-5-10-26(30)11-13-29(23(26)33)20(14-17-8-9-17)22(32)28-19(16-27)15-18-6-4-7-21(18)31;22-13-16(12-15-3-1-4-18(15)26)24-19(27)17(11-14-5-6-14)25-10-8-21(20(25)28)7-2-9-23-21;/h17-20H,4-15H2,1-3H3,(H,28,32);14-17,23H,1-12H2,(H,24,27);1H2/t18-,19-,20?,26?;15-,16-,17?,21?;/m00./s1. The van der Waals surface area contributed by atoms with Crippen LogP contribution in [0.15, 0.2) is 0 Å². The zero-order valence-electron chi connectivity index (χ0n) is 38.1. The maximum absolute atomic E-state index is 13.8. The Morgan fingerprint density at radius 3 is 1.66 bits per heavy atom. The summed E-state index contributed by atoms with van der Waals surface area (Å²) in [5, 5.41) is 28.2. The van der Waals surface area contributed by atoms with E-state index in [-0.39, 0.29) is 52.5 Å². The fourth-order valence-electron chi connectivity index (χ4n) is 11.1. The van der Waals surface area contributed by atoms with E-state index in [0.29, 0.717) is 89.3 Å². The molecular weight excluding hydrogens is 821 g/mol. The second-order valence-corrected chi connectivity index (χ2v) is 20.7. The summed E-state index contributed by atoms with van der Waals surface area (Å²) in [7, 11) is 0. The lowest BCUT2D eigenvalue weighted by atomic mass is 9.94. The Morgan fingerprint density at radius 2 is 1.22 bits per heavy atom. The van der Waals surface area contributed by atoms with Crippen LogP contribution in [0.1, 0.15) is 149 Å². The number of carbonyl (C=O) groups is 7. The Hall–Kier alpha value is -4.61. The first-order chi connectivity index (χ1) is 30.1. The predicted octanol–water partition coefficient (Wildman–Crippen LogP) is 3.38. The van der Waals surface area contributed by atoms with Crippen molar-refractivity contribution in [2.45, 2.75) is 190 Å². The van der Waals surface area contributed by atoms with Gasteiger partial charge in [0.25, 0.3) is 0 Å². The van der Waals surface area contributed by atoms with Crippen LogP contribution in [0.25, 0.3) is 0 Å². The molecule has 17 heteroatoms. The molecule has 4 heterocycles. The van der Waals surface area contributed by atoms with Gasteiger partial charge in [-0.1, -0.05) is 25.7 Å². The molecule has 4 unspecified atom stereocenters. The number of likely N-dealkylation sites (tertiary alicyclic amines) is 3. The van der Waals surface area contributed by atoms with Gasteiger partial charge in [0.15, 0.2) is 0 Å². The van der Waals surface area contributed by atoms with Gasteiger partial charge >= 0.3 is 6.09 Å². The second-order valence-electron chi connectivity index (χ2n) is 20.7. The Balaban J connectivity index is 0.000000214. The van der Waals surface area contributed by atoms with Crippen LogP contribution in [-0.2, 0) is 33.5 Å². The summed E-state index contributed by atoms with van der Waals surface area (Å²) >= 11 is 0. The van der Waals surface area contributed by atoms with Crippen molar-refractivity contribution in [2.24, 2.45) is 23.7 Å². The van der Waals surface area contributed by atoms with E-state index in [2.05, 4.69) is 28.1 Å². The molecule has 64 heavy (non-hydrogen) atoms. The Labute approximate surface area is 377 Å². The smallest absolute Gasteiger partial charge is 0.411 e. The molecule has 0 aromatic heterocycles. The van der Waals surface area contributed by atoms with Gasteiger partial charge in [-0.2, -0.15) is 10.5 Å². The summed E-state index contributed by atoms with van der Waals surface area (Å²) in [5.74, 6) is 0.235. The molecule has 4 saturated heterocycles. The number of amides is 5. The number of hydrogen-bond donors (Lipinski definition) is 3. The topological polar surface area (TPSA) is 254 Å². The first-order valence-electron chi connectivity index (χ1n) is 23.9. The monoisotopic (exact) mass is 891 g/mol. The molecule has 352 valence electrons. The molecule has 0 bridgehead atoms. The molecule has 4 aliphatic heterocycles. The van der Waals surface area contributed by atoms with E-state index in [4.69, 9.17) is 4.74 Å². The van der Waals surface area contributed by atoms with Gasteiger partial charge in [-0.3, -0.25) is 33.7 Å². The third kappa shape index (κ3) is 11.1. The molecule has 8 aliphatic rings. The van der Waals surface area contributed by atoms with Crippen LogP contribution in [0.2, 0.25) is 0 Å². The Bertz CT molecular complexity index is 1870. The van der Waals surface area contributed by atoms with Crippen molar-refractivity contribution in [3.63, 3.8) is 0 Å². The van der Waals surface area contributed by atoms with Gasteiger partial charge in [0.1, 0.15) is 46.9 Å². The summed E-state index contributed by atoms with van der Waals surface area (Å²) in [6.45, 7) is 7.70. The van der Waals surface area contributed by atoms with Gasteiger partial charge in [-0.25, -0.2) is 4.79 Å². The van der Waals surface area contributed by atoms with Crippen LogP contribution < -0.4 is 16.0 Å². The van der Waals surface area contributed by atoms with Crippen LogP contribution in [0.3, 0.4) is 0 Å². The van der Waals surface area contributed by atoms with Crippen molar-refractivity contribution in [3.05, 3.63) is 0 Å². The van der Waals surface area contributed by atoms with E-state index < -0.39 is 46.9 Å². The van der Waals surface area contributed by atoms with E-state index in [1.54, 1.807) is 35.5 Å². The summed E-state index contributed by atoms with van der Waals surface area (Å²) in [6, 6.07) is 1.69. The molecule has 0 radical (unpaired) electrons. The minimum Gasteiger partial charge on any atom is -0.444 e. The normalized spacial score (nSPS) is 29.5. The molecule has 5 amide bonds. The van der Waals surface area contributed by atoms with Crippen LogP contribution in [-0.4, -0.2) is 128 Å². The maximum Gasteiger partial charge on any atom is 0.411 e. The predicted molar refractivity (Wildman–Crippen MR) is 232 cm³/mol. The zero-order chi connectivity index (χ0) is 45.1. The number of nitrogens with zero attached hydrogens (tertiary/aromatic N) is 5. The van der Waals surface area contributed by atoms with Gasteiger partial charge in [-0.15, -0.1) is 0 Å². The lowest BCUT2D eigenvalue weighted by Gasteiger charge is -2.36. The average molecular weight is 891 g/mol. The van der Waals surface area contributed by atoms with Crippen LogP contribution in [0.5, 0.6) is 0 Å². The first-order valence-corrected chi connectivity index (χ1v) is 23.9. The minimum atomic E-state index is -0.963. The zero-order valence-corrected chi connectivity index (χ0v) is 38.1. The summed E-state index contributed by atoms with van der Waals surface area (Å²) in [5.41, 5.74) is -2.11. The average Bonchev–Trinajstić information content (AvgIpc) is 3.85. The van der Waals surface area contributed by atoms with Crippen molar-refractivity contribution in [2.75, 3.05) is 26.2 Å². The number of carbonyl (C=O) groups excluding carboxylic acids is 7. The van der Waals surface area contributed by atoms with Crippen LogP contribution in [0.4, 0.5) is 4.79 Å². The second kappa shape index (κ2) is 20.3. The van der Waals surface area contributed by atoms with Crippen LogP contribution in [0, 0.1) is 46.3 Å². The van der Waals surface area contributed by atoms with Crippen molar-refractivity contribution >= 4 is 41.3 Å². The third-order valence-corrected chi connectivity index (χ3v) is 14.9. The first kappa shape index (κ1) is 48.8. The van der Waals surface area contributed by atoms with Gasteiger partial charge < -0.3 is 36.0 Å². The van der Waals surface area contributed by atoms with Gasteiger partial charge in [0.2, 0.25) is 23.6 Å². The molecule has 4 aliphatic carbocycles. The van der Waals surface area contributed by atoms with Crippen molar-refractivity contribution in [1.82, 2.24) is 30.7 Å². The summed E-state index contributed by atoms with van der Waals surface area (Å²) < 4.78 is 5.59. The number of hydrogen-bond acceptors (Lipinski definition) is 11. The molecule has 2 spiro atoms. The van der Waals surface area contributed by atoms with Gasteiger partial charge in [-0.05, 0) is 129 Å². The fourth-order valence-corrected chi connectivity index (χ4v) is 11.1. The highest BCUT2D eigenvalue weighted by molar-refractivity contribution is 5.97. The largest absolute Gasteiger partial charge is 0.444 e. The highest BCUT2D eigenvalue weighted by Crippen LogP contribution is 2.43. The fraction of sp³-hybridized carbons (Fsp3) is 0.809. The number of rotatable bonds is 14. The summed E-state index contributed by atoms with van der Waals surface area (Å²) in [6.07, 6.45) is 14.4. The molecule has 0 aromatic rings. The molecule has 5 N–H and O–H groups in total. The van der Waals surface area contributed by atoms with Crippen LogP contribution >= 0.6 is 0 Å². The number of ether oxygens (including phenoxy) is 1. The van der Waals surface area contributed by atoms with E-state index in [0.717, 1.165) is 77.2 Å². The molecule has 8 rings (SSSR count). The van der Waals surface area contributed by atoms with E-state index in [9.17, 15) is 44.1 Å². The van der Waals surface area contributed by atoms with Crippen molar-refractivity contribution < 1.29 is 43.8 Å². The minimum absolute atomic E-state index is 0. The SMILES string of the molecule is CC(C)(C)OC(=O)N1CCCC12CCN(C(CC1CC1)C(=O)N[C@H](C#N)C[C@@H]1CCCC1=O)C2=O.N#C[C@H](C[C@@H]1CCCC1=O)NC(=O)C(CC1CC1)N1CCC2(CCCN2)C1=O.O. The Morgan fingerprint density at radius 1 is 0.703 bits per heavy atom. The Kier molecular flexibility index (Phi) is 15.5. The number of Topliss-reactive ketones (excluding diaryl/α,β-unsaturated/α-hetero) is 2. The number of ketones is 2. The molecular formula is C47H70N8O9. The quantitative estimate of drug-likeness (QED) is 0.228. The number of nitriles is 2. The van der Waals surface area contributed by atoms with Crippen molar-refractivity contribution in [3.8, 4) is 12.1 Å². The van der Waals surface area contributed by atoms with E-state index in [1.807, 2.05) is 0 Å². The van der Waals surface area contributed by atoms with E-state index in [1.165, 1.54) is 0 Å².